The molecule has 0 unspecified atom stereocenters. The maximum atomic E-state index is 5.42. The van der Waals surface area contributed by atoms with Crippen molar-refractivity contribution in [1.82, 2.24) is 4.98 Å². The van der Waals surface area contributed by atoms with Gasteiger partial charge in [0.05, 0.1) is 17.1 Å². The zero-order valence-electron chi connectivity index (χ0n) is 6.83. The number of nitrogens with zero attached hydrogens (tertiary/aromatic N) is 2. The van der Waals surface area contributed by atoms with E-state index >= 15 is 0 Å². The number of nitrogens with two attached hydrogens (primary N) is 1. The van der Waals surface area contributed by atoms with Gasteiger partial charge < -0.3 is 5.73 Å². The highest BCUT2D eigenvalue weighted by Crippen LogP contribution is 2.17. The van der Waals surface area contributed by atoms with Crippen molar-refractivity contribution < 1.29 is 0 Å². The quantitative estimate of drug-likeness (QED) is 0.683. The summed E-state index contributed by atoms with van der Waals surface area (Å²) in [6, 6.07) is 3.66. The number of rotatable bonds is 3. The van der Waals surface area contributed by atoms with Crippen molar-refractivity contribution in [2.75, 3.05) is 0 Å². The topological polar surface area (TPSA) is 51.3 Å². The van der Waals surface area contributed by atoms with E-state index in [9.17, 15) is 0 Å². The molecule has 0 radical (unpaired) electrons. The monoisotopic (exact) mass is 161 g/mol. The summed E-state index contributed by atoms with van der Waals surface area (Å²) in [6.07, 6.45) is 1.64. The number of aliphatic imine (C=N–C) groups is 1. The minimum Gasteiger partial charge on any atom is -0.325 e. The highest BCUT2D eigenvalue weighted by atomic mass is 14.8. The SMILES string of the molecule is C=Cc1nc(CN)ccc1N=C. The Morgan fingerprint density at radius 1 is 1.58 bits per heavy atom. The second kappa shape index (κ2) is 3.78. The molecule has 1 heterocycles. The first kappa shape index (κ1) is 8.62. The molecule has 3 nitrogen and oxygen atoms in total. The molecule has 0 aromatic carbocycles. The van der Waals surface area contributed by atoms with E-state index in [4.69, 9.17) is 5.73 Å². The minimum atomic E-state index is 0.429. The normalized spacial score (nSPS) is 9.42. The Balaban J connectivity index is 3.18. The third-order valence-corrected chi connectivity index (χ3v) is 1.53. The van der Waals surface area contributed by atoms with Crippen molar-refractivity contribution in [3.05, 3.63) is 30.1 Å². The molecule has 0 saturated heterocycles. The summed E-state index contributed by atoms with van der Waals surface area (Å²) in [5.41, 5.74) is 7.72. The lowest BCUT2D eigenvalue weighted by Crippen LogP contribution is -1.99. The van der Waals surface area contributed by atoms with Crippen LogP contribution in [-0.4, -0.2) is 11.7 Å². The van der Waals surface area contributed by atoms with Crippen LogP contribution in [0.25, 0.3) is 6.08 Å². The Kier molecular flexibility index (Phi) is 2.71. The molecule has 0 atom stereocenters. The van der Waals surface area contributed by atoms with E-state index in [2.05, 4.69) is 23.3 Å². The van der Waals surface area contributed by atoms with Crippen LogP contribution in [0.2, 0.25) is 0 Å². The Morgan fingerprint density at radius 2 is 2.33 bits per heavy atom. The van der Waals surface area contributed by atoms with Gasteiger partial charge in [0, 0.05) is 6.54 Å². The average Bonchev–Trinajstić information content (AvgIpc) is 2.16. The van der Waals surface area contributed by atoms with Gasteiger partial charge >= 0.3 is 0 Å². The molecule has 0 aliphatic heterocycles. The minimum absolute atomic E-state index is 0.429. The second-order valence-corrected chi connectivity index (χ2v) is 2.27. The zero-order chi connectivity index (χ0) is 8.97. The second-order valence-electron chi connectivity index (χ2n) is 2.27. The highest BCUT2D eigenvalue weighted by Gasteiger charge is 1.98. The van der Waals surface area contributed by atoms with Crippen LogP contribution in [0.3, 0.4) is 0 Å². The van der Waals surface area contributed by atoms with E-state index in [1.54, 1.807) is 6.08 Å². The van der Waals surface area contributed by atoms with Crippen molar-refractivity contribution in [2.24, 2.45) is 10.7 Å². The van der Waals surface area contributed by atoms with Crippen LogP contribution in [0.15, 0.2) is 23.7 Å². The van der Waals surface area contributed by atoms with E-state index in [1.165, 1.54) is 0 Å². The molecular formula is C9H11N3. The van der Waals surface area contributed by atoms with E-state index in [0.717, 1.165) is 17.1 Å². The lowest BCUT2D eigenvalue weighted by molar-refractivity contribution is 0.985. The van der Waals surface area contributed by atoms with Gasteiger partial charge in [-0.1, -0.05) is 6.58 Å². The molecule has 0 bridgehead atoms. The van der Waals surface area contributed by atoms with Crippen molar-refractivity contribution in [1.29, 1.82) is 0 Å². The Morgan fingerprint density at radius 3 is 2.83 bits per heavy atom. The molecule has 0 fully saturated rings. The third kappa shape index (κ3) is 1.57. The molecule has 2 N–H and O–H groups in total. The standard InChI is InChI=1S/C9H11N3/c1-3-8-9(11-2)5-4-7(6-10)12-8/h3-5H,1-2,6,10H2. The number of pyridine rings is 1. The van der Waals surface area contributed by atoms with Gasteiger partial charge in [0.15, 0.2) is 0 Å². The van der Waals surface area contributed by atoms with Gasteiger partial charge in [-0.3, -0.25) is 4.99 Å². The van der Waals surface area contributed by atoms with Crippen molar-refractivity contribution in [3.8, 4) is 0 Å². The molecule has 0 aliphatic rings. The molecule has 1 rings (SSSR count). The smallest absolute Gasteiger partial charge is 0.0883 e. The molecule has 1 aromatic rings. The lowest BCUT2D eigenvalue weighted by atomic mass is 10.2. The maximum Gasteiger partial charge on any atom is 0.0883 e. The molecule has 12 heavy (non-hydrogen) atoms. The van der Waals surface area contributed by atoms with E-state index in [0.29, 0.717) is 6.54 Å². The van der Waals surface area contributed by atoms with Crippen LogP contribution in [0.4, 0.5) is 5.69 Å². The third-order valence-electron chi connectivity index (χ3n) is 1.53. The van der Waals surface area contributed by atoms with Crippen molar-refractivity contribution >= 4 is 18.5 Å². The summed E-state index contributed by atoms with van der Waals surface area (Å²) in [4.78, 5) is 8.00. The number of aromatic nitrogens is 1. The maximum absolute atomic E-state index is 5.42. The fraction of sp³-hybridized carbons (Fsp3) is 0.111. The summed E-state index contributed by atoms with van der Waals surface area (Å²) in [5.74, 6) is 0. The summed E-state index contributed by atoms with van der Waals surface area (Å²) >= 11 is 0. The van der Waals surface area contributed by atoms with Gasteiger partial charge in [0.2, 0.25) is 0 Å². The molecule has 1 aromatic heterocycles. The molecule has 0 saturated carbocycles. The van der Waals surface area contributed by atoms with Gasteiger partial charge in [-0.15, -0.1) is 0 Å². The summed E-state index contributed by atoms with van der Waals surface area (Å²) in [7, 11) is 0. The molecule has 0 amide bonds. The highest BCUT2D eigenvalue weighted by molar-refractivity contribution is 5.61. The number of hydrogen-bond acceptors (Lipinski definition) is 3. The Hall–Kier alpha value is -1.48. The predicted octanol–water partition coefficient (Wildman–Crippen LogP) is 1.52. The zero-order valence-corrected chi connectivity index (χ0v) is 6.83. The van der Waals surface area contributed by atoms with Gasteiger partial charge in [-0.2, -0.15) is 0 Å². The van der Waals surface area contributed by atoms with Gasteiger partial charge in [-0.05, 0) is 24.9 Å². The van der Waals surface area contributed by atoms with Crippen molar-refractivity contribution in [3.63, 3.8) is 0 Å². The average molecular weight is 161 g/mol. The Labute approximate surface area is 71.7 Å². The van der Waals surface area contributed by atoms with Crippen LogP contribution < -0.4 is 5.73 Å². The van der Waals surface area contributed by atoms with E-state index < -0.39 is 0 Å². The van der Waals surface area contributed by atoms with E-state index in [1.807, 2.05) is 12.1 Å². The van der Waals surface area contributed by atoms with Crippen molar-refractivity contribution in [2.45, 2.75) is 6.54 Å². The largest absolute Gasteiger partial charge is 0.325 e. The lowest BCUT2D eigenvalue weighted by Gasteiger charge is -2.01. The summed E-state index contributed by atoms with van der Waals surface area (Å²) in [6.45, 7) is 7.48. The van der Waals surface area contributed by atoms with Crippen LogP contribution >= 0.6 is 0 Å². The van der Waals surface area contributed by atoms with Gasteiger partial charge in [-0.25, -0.2) is 4.98 Å². The first-order chi connectivity index (χ1) is 5.81. The number of hydrogen-bond donors (Lipinski definition) is 1. The first-order valence-electron chi connectivity index (χ1n) is 3.61. The Bertz CT molecular complexity index is 305. The predicted molar refractivity (Wildman–Crippen MR) is 51.4 cm³/mol. The van der Waals surface area contributed by atoms with Crippen LogP contribution in [-0.2, 0) is 6.54 Å². The molecule has 0 spiro atoms. The first-order valence-corrected chi connectivity index (χ1v) is 3.61. The van der Waals surface area contributed by atoms with Gasteiger partial charge in [0.25, 0.3) is 0 Å². The van der Waals surface area contributed by atoms with Crippen LogP contribution in [0.5, 0.6) is 0 Å². The van der Waals surface area contributed by atoms with Gasteiger partial charge in [0.1, 0.15) is 0 Å². The molecule has 0 aliphatic carbocycles. The summed E-state index contributed by atoms with van der Waals surface area (Å²) in [5, 5.41) is 0. The molecule has 62 valence electrons. The van der Waals surface area contributed by atoms with Crippen LogP contribution in [0, 0.1) is 0 Å². The fourth-order valence-electron chi connectivity index (χ4n) is 0.907. The fourth-order valence-corrected chi connectivity index (χ4v) is 0.907. The molecular weight excluding hydrogens is 150 g/mol. The van der Waals surface area contributed by atoms with Crippen LogP contribution in [0.1, 0.15) is 11.4 Å². The summed E-state index contributed by atoms with van der Waals surface area (Å²) < 4.78 is 0. The molecule has 3 heteroatoms. The van der Waals surface area contributed by atoms with E-state index in [-0.39, 0.29) is 0 Å².